The van der Waals surface area contributed by atoms with Crippen LogP contribution in [0.25, 0.3) is 0 Å². The van der Waals surface area contributed by atoms with Gasteiger partial charge in [-0.15, -0.1) is 11.3 Å². The fourth-order valence-corrected chi connectivity index (χ4v) is 5.19. The Balaban J connectivity index is 1.56. The highest BCUT2D eigenvalue weighted by atomic mass is 35.5. The zero-order valence-electron chi connectivity index (χ0n) is 18.7. The summed E-state index contributed by atoms with van der Waals surface area (Å²) in [4.78, 5) is 31.5. The van der Waals surface area contributed by atoms with Crippen LogP contribution in [0.4, 0.5) is 0 Å². The Morgan fingerprint density at radius 1 is 1.00 bits per heavy atom. The first-order valence-electron chi connectivity index (χ1n) is 11.2. The van der Waals surface area contributed by atoms with Crippen LogP contribution in [-0.4, -0.2) is 47.4 Å². The molecule has 0 aliphatic carbocycles. The van der Waals surface area contributed by atoms with Gasteiger partial charge in [0.05, 0.1) is 23.2 Å². The zero-order valence-corrected chi connectivity index (χ0v) is 21.0. The van der Waals surface area contributed by atoms with Crippen LogP contribution in [0.3, 0.4) is 0 Å². The summed E-state index contributed by atoms with van der Waals surface area (Å²) in [5, 5.41) is 2.71. The van der Waals surface area contributed by atoms with Gasteiger partial charge in [0.2, 0.25) is 5.91 Å². The van der Waals surface area contributed by atoms with Crippen molar-refractivity contribution in [3.63, 3.8) is 0 Å². The third-order valence-corrected chi connectivity index (χ3v) is 7.13. The molecule has 2 amide bonds. The number of halogens is 2. The van der Waals surface area contributed by atoms with Crippen LogP contribution in [0.5, 0.6) is 0 Å². The second kappa shape index (κ2) is 11.8. The van der Waals surface area contributed by atoms with E-state index < -0.39 is 0 Å². The smallest absolute Gasteiger partial charge is 0.255 e. The Morgan fingerprint density at radius 3 is 2.50 bits per heavy atom. The second-order valence-corrected chi connectivity index (χ2v) is 10.1. The first-order chi connectivity index (χ1) is 16.5. The summed E-state index contributed by atoms with van der Waals surface area (Å²) in [5.74, 6) is -0.435. The van der Waals surface area contributed by atoms with E-state index in [9.17, 15) is 9.59 Å². The molecule has 1 fully saturated rings. The summed E-state index contributed by atoms with van der Waals surface area (Å²) in [7, 11) is 0. The maximum Gasteiger partial charge on any atom is 0.255 e. The lowest BCUT2D eigenvalue weighted by Crippen LogP contribution is -2.45. The molecule has 0 radical (unpaired) electrons. The summed E-state index contributed by atoms with van der Waals surface area (Å²) in [6.45, 7) is 1.88. The number of carbonyl (C=O) groups excluding carboxylic acids is 2. The molecule has 2 heterocycles. The Kier molecular flexibility index (Phi) is 8.62. The van der Waals surface area contributed by atoms with Gasteiger partial charge in [-0.05, 0) is 48.1 Å². The molecule has 1 saturated heterocycles. The van der Waals surface area contributed by atoms with Crippen molar-refractivity contribution in [2.24, 2.45) is 0 Å². The molecule has 0 N–H and O–H groups in total. The average molecular weight is 517 g/mol. The van der Waals surface area contributed by atoms with E-state index in [1.165, 1.54) is 0 Å². The lowest BCUT2D eigenvalue weighted by atomic mass is 10.1. The highest BCUT2D eigenvalue weighted by Crippen LogP contribution is 2.24. The standard InChI is InChI=1S/C26H26Cl2N2O3S/c27-20-10-11-23(24(28)14-20)26(32)30(16-21-8-4-12-33-21)18-25(31)29(17-22-9-5-13-34-22)15-19-6-2-1-3-7-19/h1-3,5-7,9-11,13-14,21H,4,8,12,15-18H2. The van der Waals surface area contributed by atoms with Gasteiger partial charge in [0.1, 0.15) is 6.54 Å². The van der Waals surface area contributed by atoms with Crippen LogP contribution < -0.4 is 0 Å². The summed E-state index contributed by atoms with van der Waals surface area (Å²) in [6, 6.07) is 18.6. The van der Waals surface area contributed by atoms with E-state index in [4.69, 9.17) is 27.9 Å². The molecule has 1 aliphatic heterocycles. The topological polar surface area (TPSA) is 49.9 Å². The van der Waals surface area contributed by atoms with E-state index in [0.29, 0.717) is 36.8 Å². The number of thiophene rings is 1. The van der Waals surface area contributed by atoms with Gasteiger partial charge in [-0.25, -0.2) is 0 Å². The molecule has 1 aromatic heterocycles. The van der Waals surface area contributed by atoms with Crippen molar-refractivity contribution in [2.75, 3.05) is 19.7 Å². The van der Waals surface area contributed by atoms with Crippen molar-refractivity contribution in [3.05, 3.63) is 92.1 Å². The lowest BCUT2D eigenvalue weighted by Gasteiger charge is -2.29. The average Bonchev–Trinajstić information content (AvgIpc) is 3.53. The number of ether oxygens (including phenoxy) is 1. The van der Waals surface area contributed by atoms with Crippen molar-refractivity contribution in [1.29, 1.82) is 0 Å². The van der Waals surface area contributed by atoms with Crippen LogP contribution in [0.1, 0.15) is 33.6 Å². The molecule has 0 spiro atoms. The fourth-order valence-electron chi connectivity index (χ4n) is 3.98. The monoisotopic (exact) mass is 516 g/mol. The molecule has 8 heteroatoms. The van der Waals surface area contributed by atoms with Crippen molar-refractivity contribution in [1.82, 2.24) is 9.80 Å². The van der Waals surface area contributed by atoms with Crippen molar-refractivity contribution in [2.45, 2.75) is 32.0 Å². The van der Waals surface area contributed by atoms with Crippen molar-refractivity contribution < 1.29 is 14.3 Å². The van der Waals surface area contributed by atoms with Gasteiger partial charge in [-0.1, -0.05) is 59.6 Å². The Bertz CT molecular complexity index is 1100. The van der Waals surface area contributed by atoms with Crippen LogP contribution >= 0.6 is 34.5 Å². The molecular formula is C26H26Cl2N2O3S. The van der Waals surface area contributed by atoms with E-state index in [1.807, 2.05) is 47.8 Å². The molecule has 0 bridgehead atoms. The van der Waals surface area contributed by atoms with Gasteiger partial charge in [0.25, 0.3) is 5.91 Å². The highest BCUT2D eigenvalue weighted by Gasteiger charge is 2.28. The van der Waals surface area contributed by atoms with Crippen LogP contribution in [0.15, 0.2) is 66.0 Å². The zero-order chi connectivity index (χ0) is 23.9. The molecule has 178 valence electrons. The molecule has 1 unspecified atom stereocenters. The number of hydrogen-bond acceptors (Lipinski definition) is 4. The normalized spacial score (nSPS) is 15.3. The van der Waals surface area contributed by atoms with Crippen LogP contribution in [-0.2, 0) is 22.6 Å². The quantitative estimate of drug-likeness (QED) is 0.355. The van der Waals surface area contributed by atoms with E-state index in [2.05, 4.69) is 0 Å². The molecule has 3 aromatic rings. The van der Waals surface area contributed by atoms with Crippen molar-refractivity contribution in [3.8, 4) is 0 Å². The molecule has 2 aromatic carbocycles. The summed E-state index contributed by atoms with van der Waals surface area (Å²) < 4.78 is 5.77. The van der Waals surface area contributed by atoms with Crippen molar-refractivity contribution >= 4 is 46.4 Å². The fraction of sp³-hybridized carbons (Fsp3) is 0.308. The highest BCUT2D eigenvalue weighted by molar-refractivity contribution is 7.09. The van der Waals surface area contributed by atoms with Gasteiger partial charge >= 0.3 is 0 Å². The Labute approximate surface area is 213 Å². The van der Waals surface area contributed by atoms with E-state index in [0.717, 1.165) is 23.3 Å². The first-order valence-corrected chi connectivity index (χ1v) is 12.8. The maximum atomic E-state index is 13.6. The molecule has 0 saturated carbocycles. The number of hydrogen-bond donors (Lipinski definition) is 0. The number of rotatable bonds is 9. The third-order valence-electron chi connectivity index (χ3n) is 5.72. The number of carbonyl (C=O) groups is 2. The minimum atomic E-state index is -0.304. The van der Waals surface area contributed by atoms with Gasteiger partial charge in [0.15, 0.2) is 0 Å². The van der Waals surface area contributed by atoms with E-state index >= 15 is 0 Å². The molecule has 1 atom stereocenters. The predicted octanol–water partition coefficient (Wildman–Crippen LogP) is 5.91. The third kappa shape index (κ3) is 6.60. The van der Waals surface area contributed by atoms with Gasteiger partial charge in [-0.2, -0.15) is 0 Å². The molecule has 1 aliphatic rings. The predicted molar refractivity (Wildman–Crippen MR) is 136 cm³/mol. The van der Waals surface area contributed by atoms with Gasteiger partial charge < -0.3 is 14.5 Å². The number of nitrogens with zero attached hydrogens (tertiary/aromatic N) is 2. The SMILES string of the molecule is O=C(CN(CC1CCCO1)C(=O)c1ccc(Cl)cc1Cl)N(Cc1ccccc1)Cc1cccs1. The molecule has 4 rings (SSSR count). The van der Waals surface area contributed by atoms with Crippen LogP contribution in [0.2, 0.25) is 10.0 Å². The van der Waals surface area contributed by atoms with E-state index in [1.54, 1.807) is 39.3 Å². The largest absolute Gasteiger partial charge is 0.376 e. The number of amides is 2. The van der Waals surface area contributed by atoms with Crippen LogP contribution in [0, 0.1) is 0 Å². The Morgan fingerprint density at radius 2 is 1.82 bits per heavy atom. The lowest BCUT2D eigenvalue weighted by molar-refractivity contribution is -0.133. The maximum absolute atomic E-state index is 13.6. The van der Waals surface area contributed by atoms with Gasteiger partial charge in [-0.3, -0.25) is 9.59 Å². The number of benzene rings is 2. The van der Waals surface area contributed by atoms with E-state index in [-0.39, 0.29) is 29.5 Å². The summed E-state index contributed by atoms with van der Waals surface area (Å²) >= 11 is 14.0. The molecular weight excluding hydrogens is 491 g/mol. The summed E-state index contributed by atoms with van der Waals surface area (Å²) in [6.07, 6.45) is 1.71. The molecule has 5 nitrogen and oxygen atoms in total. The second-order valence-electron chi connectivity index (χ2n) is 8.26. The summed E-state index contributed by atoms with van der Waals surface area (Å²) in [5.41, 5.74) is 1.36. The minimum absolute atomic E-state index is 0.0597. The Hall–Kier alpha value is -2.38. The van der Waals surface area contributed by atoms with Gasteiger partial charge in [0, 0.05) is 29.6 Å². The molecule has 34 heavy (non-hydrogen) atoms. The first kappa shape index (κ1) is 24.7. The minimum Gasteiger partial charge on any atom is -0.376 e.